The van der Waals surface area contributed by atoms with Gasteiger partial charge < -0.3 is 5.73 Å². The van der Waals surface area contributed by atoms with Crippen molar-refractivity contribution in [2.75, 3.05) is 0 Å². The normalized spacial score (nSPS) is 13.2. The molecule has 0 fully saturated rings. The van der Waals surface area contributed by atoms with E-state index in [-0.39, 0.29) is 23.9 Å². The number of nitrogens with zero attached hydrogens (tertiary/aromatic N) is 1. The number of nitrogens with two attached hydrogens (primary N) is 1. The molecule has 2 N–H and O–H groups in total. The minimum atomic E-state index is -0.375. The number of halogens is 1. The molecule has 0 rings (SSSR count). The van der Waals surface area contributed by atoms with Crippen LogP contribution < -0.4 is 5.73 Å². The monoisotopic (exact) mass is 148 g/mol. The molecule has 2 nitrogen and oxygen atoms in total. The molecule has 0 aliphatic carbocycles. The Kier molecular flexibility index (Phi) is 4.75. The summed E-state index contributed by atoms with van der Waals surface area (Å²) in [6.45, 7) is 5.50. The van der Waals surface area contributed by atoms with Crippen molar-refractivity contribution in [3.05, 3.63) is 0 Å². The summed E-state index contributed by atoms with van der Waals surface area (Å²) >= 11 is 0. The van der Waals surface area contributed by atoms with Crippen molar-refractivity contribution < 1.29 is 0 Å². The molecule has 9 heavy (non-hydrogen) atoms. The molecule has 0 aromatic carbocycles. The van der Waals surface area contributed by atoms with Crippen molar-refractivity contribution >= 4 is 12.4 Å². The van der Waals surface area contributed by atoms with E-state index >= 15 is 0 Å². The van der Waals surface area contributed by atoms with Crippen molar-refractivity contribution in [2.45, 2.75) is 26.8 Å². The lowest BCUT2D eigenvalue weighted by Gasteiger charge is -2.18. The minimum absolute atomic E-state index is 0. The first kappa shape index (κ1) is 11.5. The molecular weight excluding hydrogens is 136 g/mol. The quantitative estimate of drug-likeness (QED) is 0.610. The second-order valence-electron chi connectivity index (χ2n) is 2.62. The van der Waals surface area contributed by atoms with Crippen LogP contribution in [-0.2, 0) is 0 Å². The smallest absolute Gasteiger partial charge is 0.0700 e. The SMILES string of the molecule is C[C@@H](N)C(C)(C)C#N.Cl. The van der Waals surface area contributed by atoms with Crippen molar-refractivity contribution in [1.82, 2.24) is 0 Å². The Morgan fingerprint density at radius 1 is 1.56 bits per heavy atom. The van der Waals surface area contributed by atoms with Gasteiger partial charge in [-0.05, 0) is 20.8 Å². The Labute approximate surface area is 62.4 Å². The summed E-state index contributed by atoms with van der Waals surface area (Å²) in [5.41, 5.74) is 5.08. The molecule has 0 saturated heterocycles. The van der Waals surface area contributed by atoms with Gasteiger partial charge in [-0.2, -0.15) is 5.26 Å². The summed E-state index contributed by atoms with van der Waals surface area (Å²) in [6.07, 6.45) is 0. The molecule has 0 aromatic heterocycles. The molecule has 54 valence electrons. The average Bonchev–Trinajstić information content (AvgIpc) is 1.67. The lowest BCUT2D eigenvalue weighted by atomic mass is 9.88. The van der Waals surface area contributed by atoms with Crippen LogP contribution in [0.3, 0.4) is 0 Å². The number of nitriles is 1. The zero-order valence-electron chi connectivity index (χ0n) is 6.01. The van der Waals surface area contributed by atoms with E-state index in [9.17, 15) is 0 Å². The van der Waals surface area contributed by atoms with Crippen molar-refractivity contribution in [3.63, 3.8) is 0 Å². The number of hydrogen-bond donors (Lipinski definition) is 1. The fourth-order valence-electron chi connectivity index (χ4n) is 0.102. The maximum Gasteiger partial charge on any atom is 0.0700 e. The average molecular weight is 149 g/mol. The minimum Gasteiger partial charge on any atom is -0.327 e. The van der Waals surface area contributed by atoms with Gasteiger partial charge in [0, 0.05) is 6.04 Å². The summed E-state index contributed by atoms with van der Waals surface area (Å²) in [6, 6.07) is 2.07. The number of rotatable bonds is 1. The fraction of sp³-hybridized carbons (Fsp3) is 0.833. The van der Waals surface area contributed by atoms with E-state index in [0.29, 0.717) is 0 Å². The topological polar surface area (TPSA) is 49.8 Å². The van der Waals surface area contributed by atoms with Crippen LogP contribution >= 0.6 is 12.4 Å². The van der Waals surface area contributed by atoms with E-state index in [1.807, 2.05) is 20.8 Å². The lowest BCUT2D eigenvalue weighted by molar-refractivity contribution is 0.407. The lowest BCUT2D eigenvalue weighted by Crippen LogP contribution is -2.32. The highest BCUT2D eigenvalue weighted by molar-refractivity contribution is 5.85. The van der Waals surface area contributed by atoms with Gasteiger partial charge in [0.15, 0.2) is 0 Å². The summed E-state index contributed by atoms with van der Waals surface area (Å²) in [7, 11) is 0. The first-order chi connectivity index (χ1) is 3.50. The molecule has 0 radical (unpaired) electrons. The van der Waals surface area contributed by atoms with Gasteiger partial charge >= 0.3 is 0 Å². The summed E-state index contributed by atoms with van der Waals surface area (Å²) in [5.74, 6) is 0. The van der Waals surface area contributed by atoms with Crippen LogP contribution in [0.4, 0.5) is 0 Å². The van der Waals surface area contributed by atoms with Crippen LogP contribution in [0.15, 0.2) is 0 Å². The zero-order chi connectivity index (χ0) is 6.78. The molecule has 0 aliphatic heterocycles. The van der Waals surface area contributed by atoms with Gasteiger partial charge in [-0.3, -0.25) is 0 Å². The molecule has 0 aliphatic rings. The van der Waals surface area contributed by atoms with Gasteiger partial charge in [0.1, 0.15) is 0 Å². The van der Waals surface area contributed by atoms with Gasteiger partial charge in [-0.1, -0.05) is 0 Å². The molecule has 3 heteroatoms. The van der Waals surface area contributed by atoms with E-state index in [4.69, 9.17) is 11.0 Å². The van der Waals surface area contributed by atoms with Crippen molar-refractivity contribution in [1.29, 1.82) is 5.26 Å². The standard InChI is InChI=1S/C6H12N2.ClH/c1-5(8)6(2,3)4-7;/h5H,8H2,1-3H3;1H/t5-;/m1./s1. The van der Waals surface area contributed by atoms with Gasteiger partial charge in [0.2, 0.25) is 0 Å². The van der Waals surface area contributed by atoms with Crippen LogP contribution in [0.25, 0.3) is 0 Å². The Morgan fingerprint density at radius 3 is 1.89 bits per heavy atom. The third-order valence-corrected chi connectivity index (χ3v) is 1.43. The highest BCUT2D eigenvalue weighted by Crippen LogP contribution is 2.15. The molecule has 0 bridgehead atoms. The molecule has 0 unspecified atom stereocenters. The van der Waals surface area contributed by atoms with Crippen LogP contribution in [0.2, 0.25) is 0 Å². The van der Waals surface area contributed by atoms with Crippen LogP contribution in [0.1, 0.15) is 20.8 Å². The van der Waals surface area contributed by atoms with Gasteiger partial charge in [-0.15, -0.1) is 12.4 Å². The molecule has 1 atom stereocenters. The van der Waals surface area contributed by atoms with Crippen molar-refractivity contribution in [2.24, 2.45) is 11.1 Å². The molecular formula is C6H13ClN2. The molecule has 0 saturated carbocycles. The first-order valence-corrected chi connectivity index (χ1v) is 2.67. The predicted molar refractivity (Wildman–Crippen MR) is 40.3 cm³/mol. The Bertz CT molecular complexity index is 113. The summed E-state index contributed by atoms with van der Waals surface area (Å²) < 4.78 is 0. The first-order valence-electron chi connectivity index (χ1n) is 2.67. The predicted octanol–water partition coefficient (Wildman–Crippen LogP) is 1.31. The Morgan fingerprint density at radius 2 is 1.89 bits per heavy atom. The van der Waals surface area contributed by atoms with Gasteiger partial charge in [-0.25, -0.2) is 0 Å². The highest BCUT2D eigenvalue weighted by Gasteiger charge is 2.21. The Hall–Kier alpha value is -0.260. The van der Waals surface area contributed by atoms with Crippen LogP contribution in [0, 0.1) is 16.7 Å². The highest BCUT2D eigenvalue weighted by atomic mass is 35.5. The summed E-state index contributed by atoms with van der Waals surface area (Å²) in [5, 5.41) is 8.43. The summed E-state index contributed by atoms with van der Waals surface area (Å²) in [4.78, 5) is 0. The molecule has 0 heterocycles. The second-order valence-corrected chi connectivity index (χ2v) is 2.62. The van der Waals surface area contributed by atoms with Crippen LogP contribution in [0.5, 0.6) is 0 Å². The van der Waals surface area contributed by atoms with E-state index in [1.165, 1.54) is 0 Å². The van der Waals surface area contributed by atoms with E-state index in [0.717, 1.165) is 0 Å². The third kappa shape index (κ3) is 3.34. The maximum atomic E-state index is 8.43. The van der Waals surface area contributed by atoms with Crippen molar-refractivity contribution in [3.8, 4) is 6.07 Å². The Balaban J connectivity index is 0. The van der Waals surface area contributed by atoms with Gasteiger partial charge in [0.05, 0.1) is 11.5 Å². The van der Waals surface area contributed by atoms with E-state index < -0.39 is 0 Å². The molecule has 0 spiro atoms. The molecule has 0 aromatic rings. The van der Waals surface area contributed by atoms with Crippen LogP contribution in [-0.4, -0.2) is 6.04 Å². The fourth-order valence-corrected chi connectivity index (χ4v) is 0.102. The van der Waals surface area contributed by atoms with E-state index in [2.05, 4.69) is 6.07 Å². The second kappa shape index (κ2) is 3.71. The zero-order valence-corrected chi connectivity index (χ0v) is 6.83. The van der Waals surface area contributed by atoms with Gasteiger partial charge in [0.25, 0.3) is 0 Å². The van der Waals surface area contributed by atoms with E-state index in [1.54, 1.807) is 0 Å². The molecule has 0 amide bonds. The third-order valence-electron chi connectivity index (χ3n) is 1.43. The largest absolute Gasteiger partial charge is 0.327 e. The maximum absolute atomic E-state index is 8.43. The number of hydrogen-bond acceptors (Lipinski definition) is 2.